The van der Waals surface area contributed by atoms with Crippen LogP contribution in [-0.2, 0) is 6.54 Å². The Hall–Kier alpha value is -0.550. The summed E-state index contributed by atoms with van der Waals surface area (Å²) >= 11 is 5.09. The molecule has 1 aliphatic rings. The Morgan fingerprint density at radius 3 is 2.88 bits per heavy atom. The van der Waals surface area contributed by atoms with Gasteiger partial charge in [-0.3, -0.25) is 0 Å². The van der Waals surface area contributed by atoms with Gasteiger partial charge in [0.25, 0.3) is 0 Å². The van der Waals surface area contributed by atoms with Gasteiger partial charge in [-0.25, -0.2) is 4.79 Å². The van der Waals surface area contributed by atoms with Crippen LogP contribution in [0.1, 0.15) is 24.1 Å². The average molecular weight is 317 g/mol. The maximum Gasteiger partial charge on any atom is 0.317 e. The molecule has 1 fully saturated rings. The van der Waals surface area contributed by atoms with E-state index in [1.54, 1.807) is 16.2 Å². The molecule has 0 radical (unpaired) electrons. The zero-order chi connectivity index (χ0) is 12.3. The molecule has 2 amide bonds. The molecule has 1 aliphatic carbocycles. The fraction of sp³-hybridized carbons (Fsp3) is 0.583. The number of nitrogens with zero attached hydrogens (tertiary/aromatic N) is 1. The summed E-state index contributed by atoms with van der Waals surface area (Å²) in [4.78, 5) is 14.7. The second-order valence-electron chi connectivity index (χ2n) is 4.54. The van der Waals surface area contributed by atoms with Crippen molar-refractivity contribution in [3.8, 4) is 0 Å². The van der Waals surface area contributed by atoms with E-state index in [2.05, 4.69) is 21.2 Å². The van der Waals surface area contributed by atoms with Crippen LogP contribution in [0.15, 0.2) is 15.9 Å². The van der Waals surface area contributed by atoms with Crippen LogP contribution in [0.25, 0.3) is 0 Å². The Labute approximate surface area is 114 Å². The number of hydrogen-bond acceptors (Lipinski definition) is 2. The summed E-state index contributed by atoms with van der Waals surface area (Å²) in [5.74, 6) is 0.711. The topological polar surface area (TPSA) is 32.3 Å². The lowest BCUT2D eigenvalue weighted by Gasteiger charge is -2.26. The van der Waals surface area contributed by atoms with Gasteiger partial charge in [0.1, 0.15) is 0 Å². The molecule has 0 bridgehead atoms. The molecule has 1 heterocycles. The molecule has 1 N–H and O–H groups in total. The first-order chi connectivity index (χ1) is 8.15. The van der Waals surface area contributed by atoms with E-state index in [0.717, 1.165) is 10.3 Å². The highest BCUT2D eigenvalue weighted by Crippen LogP contribution is 2.25. The molecule has 2 rings (SSSR count). The van der Waals surface area contributed by atoms with Crippen molar-refractivity contribution in [2.24, 2.45) is 5.92 Å². The molecule has 94 valence electrons. The number of carbonyl (C=O) groups is 1. The summed E-state index contributed by atoms with van der Waals surface area (Å²) in [5, 5.41) is 2.99. The van der Waals surface area contributed by atoms with Crippen molar-refractivity contribution in [1.82, 2.24) is 10.2 Å². The van der Waals surface area contributed by atoms with Crippen molar-refractivity contribution in [3.63, 3.8) is 0 Å². The minimum absolute atomic E-state index is 0.0291. The summed E-state index contributed by atoms with van der Waals surface area (Å²) in [6.45, 7) is 1.50. The van der Waals surface area contributed by atoms with Gasteiger partial charge in [-0.1, -0.05) is 6.42 Å². The molecule has 0 aromatic carbocycles. The van der Waals surface area contributed by atoms with Crippen molar-refractivity contribution in [1.29, 1.82) is 0 Å². The van der Waals surface area contributed by atoms with Crippen LogP contribution in [0, 0.1) is 5.92 Å². The molecule has 0 atom stereocenters. The highest BCUT2D eigenvalue weighted by atomic mass is 79.9. The predicted octanol–water partition coefficient (Wildman–Crippen LogP) is 3.45. The standard InChI is InChI=1S/C12H17BrN2OS/c1-15(8-10-5-6-11(13)17-10)12(16)14-7-9-3-2-4-9/h5-6,9H,2-4,7-8H2,1H3,(H,14,16). The number of amides is 2. The largest absolute Gasteiger partial charge is 0.338 e. The van der Waals surface area contributed by atoms with Crippen LogP contribution in [-0.4, -0.2) is 24.5 Å². The van der Waals surface area contributed by atoms with Crippen molar-refractivity contribution in [2.75, 3.05) is 13.6 Å². The molecule has 0 unspecified atom stereocenters. The van der Waals surface area contributed by atoms with Gasteiger partial charge in [0.05, 0.1) is 10.3 Å². The fourth-order valence-electron chi connectivity index (χ4n) is 1.81. The lowest BCUT2D eigenvalue weighted by molar-refractivity contribution is 0.200. The van der Waals surface area contributed by atoms with Gasteiger partial charge in [-0.2, -0.15) is 0 Å². The van der Waals surface area contributed by atoms with Crippen LogP contribution in [0.3, 0.4) is 0 Å². The van der Waals surface area contributed by atoms with E-state index in [0.29, 0.717) is 12.5 Å². The van der Waals surface area contributed by atoms with Gasteiger partial charge in [0.2, 0.25) is 0 Å². The molecule has 0 aliphatic heterocycles. The van der Waals surface area contributed by atoms with Crippen LogP contribution in [0.2, 0.25) is 0 Å². The number of urea groups is 1. The Bertz CT molecular complexity index is 390. The minimum atomic E-state index is 0.0291. The van der Waals surface area contributed by atoms with Crippen molar-refractivity contribution in [2.45, 2.75) is 25.8 Å². The molecule has 17 heavy (non-hydrogen) atoms. The van der Waals surface area contributed by atoms with Crippen molar-refractivity contribution < 1.29 is 4.79 Å². The zero-order valence-corrected chi connectivity index (χ0v) is 12.3. The average Bonchev–Trinajstić information content (AvgIpc) is 2.61. The van der Waals surface area contributed by atoms with E-state index in [1.807, 2.05) is 19.2 Å². The Morgan fingerprint density at radius 1 is 1.59 bits per heavy atom. The van der Waals surface area contributed by atoms with Crippen LogP contribution in [0.5, 0.6) is 0 Å². The van der Waals surface area contributed by atoms with Gasteiger partial charge < -0.3 is 10.2 Å². The van der Waals surface area contributed by atoms with Gasteiger partial charge in [0, 0.05) is 18.5 Å². The maximum atomic E-state index is 11.8. The second kappa shape index (κ2) is 5.87. The smallest absolute Gasteiger partial charge is 0.317 e. The number of thiophene rings is 1. The van der Waals surface area contributed by atoms with Crippen LogP contribution >= 0.6 is 27.3 Å². The molecule has 1 saturated carbocycles. The van der Waals surface area contributed by atoms with E-state index in [9.17, 15) is 4.79 Å². The Kier molecular flexibility index (Phi) is 4.45. The summed E-state index contributed by atoms with van der Waals surface area (Å²) < 4.78 is 1.11. The van der Waals surface area contributed by atoms with Gasteiger partial charge in [-0.15, -0.1) is 11.3 Å². The van der Waals surface area contributed by atoms with E-state index < -0.39 is 0 Å². The van der Waals surface area contributed by atoms with Crippen molar-refractivity contribution >= 4 is 33.3 Å². The second-order valence-corrected chi connectivity index (χ2v) is 7.09. The maximum absolute atomic E-state index is 11.8. The number of nitrogens with one attached hydrogen (secondary N) is 1. The van der Waals surface area contributed by atoms with Gasteiger partial charge in [0.15, 0.2) is 0 Å². The molecule has 0 saturated heterocycles. The third-order valence-electron chi connectivity index (χ3n) is 3.14. The molecule has 5 heteroatoms. The number of rotatable bonds is 4. The van der Waals surface area contributed by atoms with Crippen molar-refractivity contribution in [3.05, 3.63) is 20.8 Å². The molecular formula is C12H17BrN2OS. The van der Waals surface area contributed by atoms with E-state index in [4.69, 9.17) is 0 Å². The molecule has 1 aromatic rings. The van der Waals surface area contributed by atoms with E-state index in [1.165, 1.54) is 24.1 Å². The quantitative estimate of drug-likeness (QED) is 0.906. The van der Waals surface area contributed by atoms with Gasteiger partial charge in [-0.05, 0) is 46.8 Å². The zero-order valence-electron chi connectivity index (χ0n) is 9.91. The third-order valence-corrected chi connectivity index (χ3v) is 4.74. The summed E-state index contributed by atoms with van der Waals surface area (Å²) in [6, 6.07) is 4.09. The first kappa shape index (κ1) is 12.9. The predicted molar refractivity (Wildman–Crippen MR) is 74.2 cm³/mol. The normalized spacial score (nSPS) is 15.4. The highest BCUT2D eigenvalue weighted by Gasteiger charge is 2.19. The van der Waals surface area contributed by atoms with E-state index >= 15 is 0 Å². The summed E-state index contributed by atoms with van der Waals surface area (Å²) in [7, 11) is 1.84. The Balaban J connectivity index is 1.74. The monoisotopic (exact) mass is 316 g/mol. The number of halogens is 1. The molecule has 1 aromatic heterocycles. The van der Waals surface area contributed by atoms with Gasteiger partial charge >= 0.3 is 6.03 Å². The SMILES string of the molecule is CN(Cc1ccc(Br)s1)C(=O)NCC1CCC1. The van der Waals surface area contributed by atoms with E-state index in [-0.39, 0.29) is 6.03 Å². The first-order valence-electron chi connectivity index (χ1n) is 5.88. The molecular weight excluding hydrogens is 300 g/mol. The first-order valence-corrected chi connectivity index (χ1v) is 7.49. The minimum Gasteiger partial charge on any atom is -0.338 e. The lowest BCUT2D eigenvalue weighted by atomic mass is 9.85. The third kappa shape index (κ3) is 3.71. The fourth-order valence-corrected chi connectivity index (χ4v) is 3.34. The Morgan fingerprint density at radius 2 is 2.35 bits per heavy atom. The molecule has 0 spiro atoms. The summed E-state index contributed by atoms with van der Waals surface area (Å²) in [6.07, 6.45) is 3.85. The number of carbonyl (C=O) groups excluding carboxylic acids is 1. The highest BCUT2D eigenvalue weighted by molar-refractivity contribution is 9.11. The molecule has 3 nitrogen and oxygen atoms in total. The van der Waals surface area contributed by atoms with Crippen LogP contribution < -0.4 is 5.32 Å². The lowest BCUT2D eigenvalue weighted by Crippen LogP contribution is -2.40. The van der Waals surface area contributed by atoms with Crippen LogP contribution in [0.4, 0.5) is 4.79 Å². The number of hydrogen-bond donors (Lipinski definition) is 1. The summed E-state index contributed by atoms with van der Waals surface area (Å²) in [5.41, 5.74) is 0.